The van der Waals surface area contributed by atoms with Crippen LogP contribution in [-0.4, -0.2) is 168 Å². The molecule has 3 fully saturated rings. The van der Waals surface area contributed by atoms with Gasteiger partial charge in [0.2, 0.25) is 0 Å². The second-order valence-electron chi connectivity index (χ2n) is 9.75. The molecule has 3 saturated heterocycles. The van der Waals surface area contributed by atoms with Gasteiger partial charge in [-0.15, -0.1) is 0 Å². The molecule has 40 heavy (non-hydrogen) atoms. The highest BCUT2D eigenvalue weighted by molar-refractivity contribution is 5.33. The summed E-state index contributed by atoms with van der Waals surface area (Å²) in [4.78, 5) is 4.07. The van der Waals surface area contributed by atoms with Crippen LogP contribution >= 0.6 is 0 Å². The summed E-state index contributed by atoms with van der Waals surface area (Å²) in [6.07, 6.45) is -23.1. The first kappa shape index (κ1) is 31.3. The van der Waals surface area contributed by atoms with E-state index in [-0.39, 0.29) is 6.54 Å². The zero-order valence-electron chi connectivity index (χ0n) is 21.1. The van der Waals surface area contributed by atoms with Crippen LogP contribution in [0.1, 0.15) is 0 Å². The number of aliphatic hydroxyl groups is 10. The lowest BCUT2D eigenvalue weighted by atomic mass is 9.96. The number of hydrogen-bond acceptors (Lipinski definition) is 17. The number of nitrogens with zero attached hydrogens (tertiary/aromatic N) is 1. The number of ether oxygens (including phenoxy) is 5. The molecular formula is C23H36N2O15. The van der Waals surface area contributed by atoms with Crippen molar-refractivity contribution >= 4 is 5.82 Å². The summed E-state index contributed by atoms with van der Waals surface area (Å²) < 4.78 is 27.3. The summed E-state index contributed by atoms with van der Waals surface area (Å²) >= 11 is 0. The minimum atomic E-state index is -1.90. The third-order valence-corrected chi connectivity index (χ3v) is 7.06. The minimum absolute atomic E-state index is 0.0636. The Morgan fingerprint density at radius 3 is 1.77 bits per heavy atom. The van der Waals surface area contributed by atoms with Crippen molar-refractivity contribution in [2.24, 2.45) is 0 Å². The molecule has 0 unspecified atom stereocenters. The molecule has 1 aromatic heterocycles. The van der Waals surface area contributed by atoms with E-state index in [2.05, 4.69) is 10.3 Å². The Labute approximate surface area is 227 Å². The van der Waals surface area contributed by atoms with Crippen molar-refractivity contribution in [3.05, 3.63) is 24.4 Å². The van der Waals surface area contributed by atoms with E-state index < -0.39 is 105 Å². The largest absolute Gasteiger partial charge is 0.394 e. The van der Waals surface area contributed by atoms with Crippen molar-refractivity contribution in [2.75, 3.05) is 25.1 Å². The first-order chi connectivity index (χ1) is 19.1. The number of pyridine rings is 1. The fourth-order valence-corrected chi connectivity index (χ4v) is 4.75. The fourth-order valence-electron chi connectivity index (χ4n) is 4.75. The van der Waals surface area contributed by atoms with Crippen LogP contribution in [0.25, 0.3) is 0 Å². The molecule has 228 valence electrons. The van der Waals surface area contributed by atoms with Crippen molar-refractivity contribution < 1.29 is 74.7 Å². The fraction of sp³-hybridized carbons (Fsp3) is 0.783. The molecule has 17 nitrogen and oxygen atoms in total. The molecule has 0 saturated carbocycles. The van der Waals surface area contributed by atoms with Gasteiger partial charge in [0.15, 0.2) is 18.9 Å². The van der Waals surface area contributed by atoms with E-state index in [0.29, 0.717) is 5.82 Å². The molecule has 0 spiro atoms. The quantitative estimate of drug-likeness (QED) is 0.130. The maximum absolute atomic E-state index is 10.8. The highest BCUT2D eigenvalue weighted by Gasteiger charge is 2.53. The summed E-state index contributed by atoms with van der Waals surface area (Å²) in [6.45, 7) is -1.62. The molecule has 1 aromatic rings. The Morgan fingerprint density at radius 2 is 1.20 bits per heavy atom. The van der Waals surface area contributed by atoms with Gasteiger partial charge in [-0.05, 0) is 12.1 Å². The molecule has 0 amide bonds. The van der Waals surface area contributed by atoms with Crippen molar-refractivity contribution in [3.8, 4) is 0 Å². The monoisotopic (exact) mass is 580 g/mol. The highest BCUT2D eigenvalue weighted by atomic mass is 16.8. The first-order valence-corrected chi connectivity index (χ1v) is 12.7. The van der Waals surface area contributed by atoms with Crippen LogP contribution in [-0.2, 0) is 23.7 Å². The minimum Gasteiger partial charge on any atom is -0.394 e. The van der Waals surface area contributed by atoms with Crippen molar-refractivity contribution in [1.29, 1.82) is 0 Å². The molecule has 0 aliphatic carbocycles. The summed E-state index contributed by atoms with van der Waals surface area (Å²) in [6, 6.07) is 5.07. The number of rotatable bonds is 9. The predicted molar refractivity (Wildman–Crippen MR) is 127 cm³/mol. The molecule has 4 heterocycles. The van der Waals surface area contributed by atoms with E-state index in [1.807, 2.05) is 0 Å². The third kappa shape index (κ3) is 6.54. The van der Waals surface area contributed by atoms with Gasteiger partial charge in [-0.1, -0.05) is 6.07 Å². The lowest BCUT2D eigenvalue weighted by Crippen LogP contribution is -2.66. The average molecular weight is 581 g/mol. The van der Waals surface area contributed by atoms with E-state index in [9.17, 15) is 51.1 Å². The second-order valence-corrected chi connectivity index (χ2v) is 9.75. The Balaban J connectivity index is 1.43. The van der Waals surface area contributed by atoms with E-state index in [1.165, 1.54) is 6.20 Å². The third-order valence-electron chi connectivity index (χ3n) is 7.06. The van der Waals surface area contributed by atoms with Crippen LogP contribution in [0, 0.1) is 0 Å². The van der Waals surface area contributed by atoms with Gasteiger partial charge in [0, 0.05) is 12.7 Å². The molecule has 11 N–H and O–H groups in total. The Kier molecular flexibility index (Phi) is 10.6. The molecule has 4 rings (SSSR count). The van der Waals surface area contributed by atoms with Crippen molar-refractivity contribution in [2.45, 2.75) is 92.1 Å². The van der Waals surface area contributed by atoms with Crippen LogP contribution in [0.15, 0.2) is 24.4 Å². The zero-order valence-corrected chi connectivity index (χ0v) is 21.1. The molecule has 3 aliphatic rings. The Bertz CT molecular complexity index is 916. The Morgan fingerprint density at radius 1 is 0.650 bits per heavy atom. The molecule has 0 radical (unpaired) electrons. The van der Waals surface area contributed by atoms with Crippen LogP contribution in [0.4, 0.5) is 5.82 Å². The van der Waals surface area contributed by atoms with Gasteiger partial charge < -0.3 is 80.1 Å². The summed E-state index contributed by atoms with van der Waals surface area (Å²) in [5, 5.41) is 105. The van der Waals surface area contributed by atoms with Crippen molar-refractivity contribution in [1.82, 2.24) is 4.98 Å². The molecule has 15 atom stereocenters. The van der Waals surface area contributed by atoms with Gasteiger partial charge >= 0.3 is 0 Å². The number of hydrogen-bond donors (Lipinski definition) is 11. The zero-order chi connectivity index (χ0) is 29.1. The van der Waals surface area contributed by atoms with Crippen molar-refractivity contribution in [3.63, 3.8) is 0 Å². The number of aromatic nitrogens is 1. The summed E-state index contributed by atoms with van der Waals surface area (Å²) in [5.41, 5.74) is 0. The second kappa shape index (κ2) is 13.6. The topological polar surface area (TPSA) is 273 Å². The standard InChI is InChI=1S/C23H36N2O15/c26-6-9-19(14(30)16(32)21(35)36-9)39-23-18(34)15(31)20(10(7-27)38-23)40-22-17(33)13(29)12(28)8(37-22)5-25-11-3-1-2-4-24-11/h1-4,8-10,12-23,26-35H,5-7H2,(H,24,25)/t8-,9-,10-,12-,13+,14-,15-,16-,17-,18-,19-,20-,21+,22-,23-/m1/s1. The lowest BCUT2D eigenvalue weighted by molar-refractivity contribution is -0.376. The number of nitrogens with one attached hydrogen (secondary N) is 1. The maximum atomic E-state index is 10.8. The van der Waals surface area contributed by atoms with Gasteiger partial charge in [-0.3, -0.25) is 0 Å². The highest BCUT2D eigenvalue weighted by Crippen LogP contribution is 2.32. The smallest absolute Gasteiger partial charge is 0.187 e. The average Bonchev–Trinajstić information content (AvgIpc) is 2.96. The number of anilines is 1. The maximum Gasteiger partial charge on any atom is 0.187 e. The summed E-state index contributed by atoms with van der Waals surface area (Å²) in [7, 11) is 0. The normalized spacial score (nSPS) is 46.2. The molecule has 17 heteroatoms. The van der Waals surface area contributed by atoms with E-state index in [1.54, 1.807) is 18.2 Å². The van der Waals surface area contributed by atoms with Crippen LogP contribution < -0.4 is 5.32 Å². The first-order valence-electron chi connectivity index (χ1n) is 12.7. The molecule has 0 aromatic carbocycles. The van der Waals surface area contributed by atoms with Crippen LogP contribution in [0.3, 0.4) is 0 Å². The van der Waals surface area contributed by atoms with Gasteiger partial charge in [-0.25, -0.2) is 4.98 Å². The van der Waals surface area contributed by atoms with Crippen LogP contribution in [0.5, 0.6) is 0 Å². The summed E-state index contributed by atoms with van der Waals surface area (Å²) in [5.74, 6) is 0.445. The number of aliphatic hydroxyl groups excluding tert-OH is 10. The van der Waals surface area contributed by atoms with E-state index in [4.69, 9.17) is 23.7 Å². The Hall–Kier alpha value is -1.65. The van der Waals surface area contributed by atoms with E-state index in [0.717, 1.165) is 0 Å². The SMILES string of the molecule is OC[C@H]1O[C@H](O)[C@H](O)[C@@H](O)[C@@H]1O[C@H]1O[C@H](CO)[C@@H](O[C@H]2O[C@H](CNc3ccccn3)[C@@H](O)[C@H](O)[C@H]2O)[C@H](O)[C@H]1O. The van der Waals surface area contributed by atoms with Gasteiger partial charge in [0.05, 0.1) is 13.2 Å². The molecular weight excluding hydrogens is 544 g/mol. The van der Waals surface area contributed by atoms with Gasteiger partial charge in [0.25, 0.3) is 0 Å². The van der Waals surface area contributed by atoms with Crippen LogP contribution in [0.2, 0.25) is 0 Å². The van der Waals surface area contributed by atoms with Gasteiger partial charge in [-0.2, -0.15) is 0 Å². The molecule has 0 bridgehead atoms. The molecule has 3 aliphatic heterocycles. The van der Waals surface area contributed by atoms with Gasteiger partial charge in [0.1, 0.15) is 79.1 Å². The predicted octanol–water partition coefficient (Wildman–Crippen LogP) is -6.06. The van der Waals surface area contributed by atoms with E-state index >= 15 is 0 Å². The lowest BCUT2D eigenvalue weighted by Gasteiger charge is -2.47.